The molecule has 0 saturated heterocycles. The third kappa shape index (κ3) is 2.56. The Labute approximate surface area is 81.4 Å². The molecule has 72 valence electrons. The molecule has 0 saturated carbocycles. The van der Waals surface area contributed by atoms with Crippen LogP contribution in [-0.4, -0.2) is 19.0 Å². The fourth-order valence-electron chi connectivity index (χ4n) is 1.37. The lowest BCUT2D eigenvalue weighted by Gasteiger charge is -2.20. The van der Waals surface area contributed by atoms with Gasteiger partial charge in [-0.2, -0.15) is 0 Å². The number of rotatable bonds is 3. The average Bonchev–Trinajstić information content (AvgIpc) is 2.16. The predicted octanol–water partition coefficient (Wildman–Crippen LogP) is 2.87. The van der Waals surface area contributed by atoms with Crippen LogP contribution in [0.15, 0.2) is 24.3 Å². The van der Waals surface area contributed by atoms with Crippen molar-refractivity contribution < 1.29 is 0 Å². The highest BCUT2D eigenvalue weighted by molar-refractivity contribution is 5.25. The summed E-state index contributed by atoms with van der Waals surface area (Å²) in [5.74, 6) is 0. The van der Waals surface area contributed by atoms with E-state index in [1.54, 1.807) is 0 Å². The summed E-state index contributed by atoms with van der Waals surface area (Å²) in [5.41, 5.74) is 2.83. The molecular weight excluding hydrogens is 158 g/mol. The van der Waals surface area contributed by atoms with Gasteiger partial charge in [0, 0.05) is 6.04 Å². The number of hydrogen-bond acceptors (Lipinski definition) is 1. The maximum atomic E-state index is 2.30. The summed E-state index contributed by atoms with van der Waals surface area (Å²) >= 11 is 0. The van der Waals surface area contributed by atoms with E-state index in [-0.39, 0.29) is 0 Å². The molecule has 1 unspecified atom stereocenters. The second kappa shape index (κ2) is 4.43. The Hall–Kier alpha value is -0.820. The number of hydrogen-bond donors (Lipinski definition) is 0. The van der Waals surface area contributed by atoms with Crippen LogP contribution in [0.5, 0.6) is 0 Å². The molecule has 0 aliphatic carbocycles. The smallest absolute Gasteiger partial charge is 0.0313 e. The van der Waals surface area contributed by atoms with Crippen LogP contribution in [-0.2, 0) is 6.42 Å². The highest BCUT2D eigenvalue weighted by Gasteiger charge is 2.06. The van der Waals surface area contributed by atoms with Gasteiger partial charge in [-0.25, -0.2) is 0 Å². The molecule has 0 fully saturated rings. The lowest BCUT2D eigenvalue weighted by molar-refractivity contribution is 0.321. The Balaban J connectivity index is 2.88. The molecule has 1 heteroatoms. The van der Waals surface area contributed by atoms with Crippen LogP contribution in [0, 0.1) is 0 Å². The Morgan fingerprint density at radius 1 is 1.31 bits per heavy atom. The lowest BCUT2D eigenvalue weighted by atomic mass is 10.0. The molecule has 0 amide bonds. The van der Waals surface area contributed by atoms with Crippen molar-refractivity contribution in [2.45, 2.75) is 26.3 Å². The minimum Gasteiger partial charge on any atom is -0.303 e. The Bertz CT molecular complexity index is 266. The van der Waals surface area contributed by atoms with Crippen molar-refractivity contribution in [2.24, 2.45) is 0 Å². The van der Waals surface area contributed by atoms with Gasteiger partial charge in [0.05, 0.1) is 0 Å². The van der Waals surface area contributed by atoms with Gasteiger partial charge in [0.25, 0.3) is 0 Å². The van der Waals surface area contributed by atoms with E-state index in [0.717, 1.165) is 6.42 Å². The maximum Gasteiger partial charge on any atom is 0.0313 e. The molecule has 0 heterocycles. The van der Waals surface area contributed by atoms with Gasteiger partial charge in [-0.05, 0) is 38.6 Å². The van der Waals surface area contributed by atoms with E-state index in [9.17, 15) is 0 Å². The number of benzene rings is 1. The van der Waals surface area contributed by atoms with Crippen LogP contribution < -0.4 is 0 Å². The molecule has 1 atom stereocenters. The van der Waals surface area contributed by atoms with Crippen molar-refractivity contribution in [3.63, 3.8) is 0 Å². The van der Waals surface area contributed by atoms with Gasteiger partial charge in [-0.1, -0.05) is 31.2 Å². The third-order valence-corrected chi connectivity index (χ3v) is 2.62. The van der Waals surface area contributed by atoms with E-state index >= 15 is 0 Å². The number of nitrogens with zero attached hydrogens (tertiary/aromatic N) is 1. The molecule has 0 N–H and O–H groups in total. The Morgan fingerprint density at radius 2 is 2.00 bits per heavy atom. The second-order valence-electron chi connectivity index (χ2n) is 3.74. The van der Waals surface area contributed by atoms with Crippen LogP contribution >= 0.6 is 0 Å². The summed E-state index contributed by atoms with van der Waals surface area (Å²) < 4.78 is 0. The number of aryl methyl sites for hydroxylation is 1. The zero-order valence-corrected chi connectivity index (χ0v) is 9.04. The Kier molecular flexibility index (Phi) is 3.49. The Morgan fingerprint density at radius 3 is 2.54 bits per heavy atom. The molecule has 0 aromatic heterocycles. The molecule has 0 radical (unpaired) electrons. The highest BCUT2D eigenvalue weighted by atomic mass is 15.1. The standard InChI is InChI=1S/C12H19N/c1-5-11-7-6-8-12(9-11)10(2)13(3)4/h6-10H,5H2,1-4H3. The van der Waals surface area contributed by atoms with Crippen LogP contribution in [0.1, 0.15) is 31.0 Å². The van der Waals surface area contributed by atoms with Gasteiger partial charge in [-0.3, -0.25) is 0 Å². The summed E-state index contributed by atoms with van der Waals surface area (Å²) in [6.07, 6.45) is 1.12. The van der Waals surface area contributed by atoms with Crippen LogP contribution in [0.25, 0.3) is 0 Å². The predicted molar refractivity (Wildman–Crippen MR) is 57.9 cm³/mol. The van der Waals surface area contributed by atoms with Gasteiger partial charge < -0.3 is 4.90 Å². The summed E-state index contributed by atoms with van der Waals surface area (Å²) in [7, 11) is 4.23. The topological polar surface area (TPSA) is 3.24 Å². The summed E-state index contributed by atoms with van der Waals surface area (Å²) in [5, 5.41) is 0. The van der Waals surface area contributed by atoms with Crippen molar-refractivity contribution >= 4 is 0 Å². The monoisotopic (exact) mass is 177 g/mol. The molecule has 1 aromatic rings. The van der Waals surface area contributed by atoms with Crippen LogP contribution in [0.2, 0.25) is 0 Å². The summed E-state index contributed by atoms with van der Waals surface area (Å²) in [4.78, 5) is 2.23. The molecule has 13 heavy (non-hydrogen) atoms. The van der Waals surface area contributed by atoms with E-state index in [4.69, 9.17) is 0 Å². The third-order valence-electron chi connectivity index (χ3n) is 2.62. The zero-order chi connectivity index (χ0) is 9.84. The van der Waals surface area contributed by atoms with Crippen molar-refractivity contribution in [3.8, 4) is 0 Å². The molecule has 0 spiro atoms. The lowest BCUT2D eigenvalue weighted by Crippen LogP contribution is -2.16. The fourth-order valence-corrected chi connectivity index (χ4v) is 1.37. The molecule has 1 nitrogen and oxygen atoms in total. The summed E-state index contributed by atoms with van der Waals surface area (Å²) in [6, 6.07) is 9.33. The van der Waals surface area contributed by atoms with Crippen LogP contribution in [0.3, 0.4) is 0 Å². The van der Waals surface area contributed by atoms with E-state index < -0.39 is 0 Å². The molecular formula is C12H19N. The van der Waals surface area contributed by atoms with Gasteiger partial charge >= 0.3 is 0 Å². The highest BCUT2D eigenvalue weighted by Crippen LogP contribution is 2.18. The molecule has 0 aliphatic rings. The van der Waals surface area contributed by atoms with Gasteiger partial charge in [0.15, 0.2) is 0 Å². The molecule has 1 rings (SSSR count). The first kappa shape index (κ1) is 10.3. The van der Waals surface area contributed by atoms with Gasteiger partial charge in [-0.15, -0.1) is 0 Å². The minimum absolute atomic E-state index is 0.506. The second-order valence-corrected chi connectivity index (χ2v) is 3.74. The van der Waals surface area contributed by atoms with Gasteiger partial charge in [0.2, 0.25) is 0 Å². The normalized spacial score (nSPS) is 13.3. The first-order valence-corrected chi connectivity index (χ1v) is 4.90. The van der Waals surface area contributed by atoms with E-state index in [1.165, 1.54) is 11.1 Å². The minimum atomic E-state index is 0.506. The SMILES string of the molecule is CCc1cccc(C(C)N(C)C)c1. The molecule has 0 bridgehead atoms. The fraction of sp³-hybridized carbons (Fsp3) is 0.500. The van der Waals surface area contributed by atoms with Gasteiger partial charge in [0.1, 0.15) is 0 Å². The van der Waals surface area contributed by atoms with Crippen molar-refractivity contribution in [1.82, 2.24) is 4.90 Å². The van der Waals surface area contributed by atoms with Crippen molar-refractivity contribution in [2.75, 3.05) is 14.1 Å². The van der Waals surface area contributed by atoms with E-state index in [2.05, 4.69) is 57.1 Å². The zero-order valence-electron chi connectivity index (χ0n) is 9.04. The average molecular weight is 177 g/mol. The first-order valence-electron chi connectivity index (χ1n) is 4.90. The van der Waals surface area contributed by atoms with E-state index in [0.29, 0.717) is 6.04 Å². The molecule has 1 aromatic carbocycles. The largest absolute Gasteiger partial charge is 0.303 e. The van der Waals surface area contributed by atoms with Crippen LogP contribution in [0.4, 0.5) is 0 Å². The van der Waals surface area contributed by atoms with Crippen molar-refractivity contribution in [3.05, 3.63) is 35.4 Å². The van der Waals surface area contributed by atoms with E-state index in [1.807, 2.05) is 0 Å². The summed E-state index contributed by atoms with van der Waals surface area (Å²) in [6.45, 7) is 4.42. The molecule has 0 aliphatic heterocycles. The quantitative estimate of drug-likeness (QED) is 0.686. The first-order chi connectivity index (χ1) is 6.15. The van der Waals surface area contributed by atoms with Crippen molar-refractivity contribution in [1.29, 1.82) is 0 Å². The maximum absolute atomic E-state index is 2.30.